The molecule has 0 aliphatic heterocycles. The van der Waals surface area contributed by atoms with E-state index in [0.29, 0.717) is 18.2 Å². The second-order valence-corrected chi connectivity index (χ2v) is 4.50. The molecule has 1 fully saturated rings. The maximum atomic E-state index is 12.5. The second-order valence-electron chi connectivity index (χ2n) is 4.50. The number of nitrogens with zero attached hydrogens (tertiary/aromatic N) is 2. The molecule has 104 valence electrons. The van der Waals surface area contributed by atoms with Gasteiger partial charge in [0.05, 0.1) is 4.92 Å². The Morgan fingerprint density at radius 3 is 2.74 bits per heavy atom. The molecule has 0 radical (unpaired) electrons. The average molecular weight is 275 g/mol. The van der Waals surface area contributed by atoms with Gasteiger partial charge in [-0.2, -0.15) is 13.2 Å². The predicted octanol–water partition coefficient (Wildman–Crippen LogP) is 3.22. The van der Waals surface area contributed by atoms with Crippen molar-refractivity contribution < 1.29 is 18.1 Å². The summed E-state index contributed by atoms with van der Waals surface area (Å²) >= 11 is 0. The summed E-state index contributed by atoms with van der Waals surface area (Å²) in [5.41, 5.74) is -1.68. The van der Waals surface area contributed by atoms with Crippen molar-refractivity contribution in [3.8, 4) is 0 Å². The molecule has 2 unspecified atom stereocenters. The lowest BCUT2D eigenvalue weighted by molar-refractivity contribution is -0.384. The van der Waals surface area contributed by atoms with Gasteiger partial charge >= 0.3 is 11.9 Å². The topological polar surface area (TPSA) is 68.1 Å². The zero-order chi connectivity index (χ0) is 14.2. The lowest BCUT2D eigenvalue weighted by Gasteiger charge is -2.10. The Kier molecular flexibility index (Phi) is 3.34. The molecular formula is C11H12F3N3O2. The maximum Gasteiger partial charge on any atom is 0.433 e. The van der Waals surface area contributed by atoms with Crippen LogP contribution in [0.4, 0.5) is 24.5 Å². The van der Waals surface area contributed by atoms with Gasteiger partial charge in [-0.1, -0.05) is 13.3 Å². The molecule has 0 aromatic carbocycles. The van der Waals surface area contributed by atoms with E-state index in [1.54, 1.807) is 0 Å². The number of halogens is 3. The number of anilines is 1. The van der Waals surface area contributed by atoms with E-state index in [2.05, 4.69) is 10.3 Å². The van der Waals surface area contributed by atoms with Gasteiger partial charge in [0.25, 0.3) is 0 Å². The summed E-state index contributed by atoms with van der Waals surface area (Å²) in [4.78, 5) is 13.1. The highest BCUT2D eigenvalue weighted by Gasteiger charge is 2.38. The molecule has 1 aliphatic carbocycles. The molecule has 0 spiro atoms. The van der Waals surface area contributed by atoms with Gasteiger partial charge < -0.3 is 5.32 Å². The highest BCUT2D eigenvalue weighted by Crippen LogP contribution is 2.39. The Balaban J connectivity index is 2.29. The van der Waals surface area contributed by atoms with Crippen molar-refractivity contribution in [1.82, 2.24) is 4.98 Å². The van der Waals surface area contributed by atoms with Crippen LogP contribution in [0.1, 0.15) is 25.5 Å². The van der Waals surface area contributed by atoms with Crippen molar-refractivity contribution in [1.29, 1.82) is 0 Å². The lowest BCUT2D eigenvalue weighted by atomic mass is 10.2. The van der Waals surface area contributed by atoms with Gasteiger partial charge in [0, 0.05) is 6.04 Å². The summed E-state index contributed by atoms with van der Waals surface area (Å²) in [7, 11) is 0. The zero-order valence-electron chi connectivity index (χ0n) is 10.1. The van der Waals surface area contributed by atoms with Crippen molar-refractivity contribution in [2.24, 2.45) is 5.92 Å². The molecule has 1 N–H and O–H groups in total. The molecule has 0 bridgehead atoms. The maximum absolute atomic E-state index is 12.5. The van der Waals surface area contributed by atoms with E-state index in [4.69, 9.17) is 0 Å². The number of pyridine rings is 1. The molecule has 1 aromatic heterocycles. The minimum absolute atomic E-state index is 0.00665. The first-order valence-electron chi connectivity index (χ1n) is 5.81. The molecule has 0 saturated heterocycles. The minimum atomic E-state index is -4.61. The fraction of sp³-hybridized carbons (Fsp3) is 0.545. The van der Waals surface area contributed by atoms with Crippen LogP contribution in [0.25, 0.3) is 0 Å². The van der Waals surface area contributed by atoms with Gasteiger partial charge in [0.1, 0.15) is 17.6 Å². The van der Waals surface area contributed by atoms with Crippen LogP contribution in [0.2, 0.25) is 0 Å². The molecule has 1 aliphatic rings. The van der Waals surface area contributed by atoms with Crippen LogP contribution in [-0.2, 0) is 6.18 Å². The Hall–Kier alpha value is -1.86. The van der Waals surface area contributed by atoms with Gasteiger partial charge in [-0.3, -0.25) is 10.1 Å². The second kappa shape index (κ2) is 4.67. The van der Waals surface area contributed by atoms with Gasteiger partial charge in [-0.25, -0.2) is 4.98 Å². The van der Waals surface area contributed by atoms with Crippen LogP contribution in [-0.4, -0.2) is 15.9 Å². The molecule has 1 heterocycles. The van der Waals surface area contributed by atoms with Crippen LogP contribution in [0.5, 0.6) is 0 Å². The van der Waals surface area contributed by atoms with Crippen LogP contribution >= 0.6 is 0 Å². The molecule has 1 aromatic rings. The summed E-state index contributed by atoms with van der Waals surface area (Å²) in [6, 6.07) is 0.704. The van der Waals surface area contributed by atoms with E-state index < -0.39 is 22.5 Å². The van der Waals surface area contributed by atoms with Gasteiger partial charge in [0.2, 0.25) is 0 Å². The van der Waals surface area contributed by atoms with E-state index in [-0.39, 0.29) is 11.7 Å². The largest absolute Gasteiger partial charge is 0.433 e. The van der Waals surface area contributed by atoms with E-state index >= 15 is 0 Å². The van der Waals surface area contributed by atoms with Crippen molar-refractivity contribution in [2.75, 3.05) is 5.32 Å². The smallest absolute Gasteiger partial charge is 0.376 e. The van der Waals surface area contributed by atoms with Gasteiger partial charge in [-0.05, 0) is 18.4 Å². The monoisotopic (exact) mass is 275 g/mol. The normalized spacial score (nSPS) is 22.1. The third-order valence-electron chi connectivity index (χ3n) is 3.16. The number of alkyl halides is 3. The Bertz CT molecular complexity index is 504. The molecule has 5 nitrogen and oxygen atoms in total. The number of nitro groups is 1. The van der Waals surface area contributed by atoms with Crippen LogP contribution in [0.15, 0.2) is 12.3 Å². The third kappa shape index (κ3) is 2.94. The van der Waals surface area contributed by atoms with Gasteiger partial charge in [-0.15, -0.1) is 0 Å². The quantitative estimate of drug-likeness (QED) is 0.676. The number of nitrogens with one attached hydrogen (secondary N) is 1. The Morgan fingerprint density at radius 2 is 2.26 bits per heavy atom. The summed E-state index contributed by atoms with van der Waals surface area (Å²) in [6.07, 6.45) is -2.26. The fourth-order valence-electron chi connectivity index (χ4n) is 1.94. The number of aromatic nitrogens is 1. The molecule has 8 heteroatoms. The van der Waals surface area contributed by atoms with E-state index in [1.807, 2.05) is 6.92 Å². The van der Waals surface area contributed by atoms with Gasteiger partial charge in [0.15, 0.2) is 0 Å². The van der Waals surface area contributed by atoms with Crippen LogP contribution < -0.4 is 5.32 Å². The first kappa shape index (κ1) is 13.6. The van der Waals surface area contributed by atoms with E-state index in [9.17, 15) is 23.3 Å². The van der Waals surface area contributed by atoms with Crippen molar-refractivity contribution in [3.63, 3.8) is 0 Å². The minimum Gasteiger partial charge on any atom is -0.376 e. The Labute approximate surface area is 107 Å². The molecular weight excluding hydrogens is 263 g/mol. The highest BCUT2D eigenvalue weighted by atomic mass is 19.4. The van der Waals surface area contributed by atoms with Crippen molar-refractivity contribution in [3.05, 3.63) is 28.1 Å². The Morgan fingerprint density at radius 1 is 1.58 bits per heavy atom. The third-order valence-corrected chi connectivity index (χ3v) is 3.16. The summed E-state index contributed by atoms with van der Waals surface area (Å²) < 4.78 is 37.6. The summed E-state index contributed by atoms with van der Waals surface area (Å²) in [5.74, 6) is 0.363. The van der Waals surface area contributed by atoms with Crippen LogP contribution in [0.3, 0.4) is 0 Å². The van der Waals surface area contributed by atoms with Crippen molar-refractivity contribution >= 4 is 11.4 Å². The summed E-state index contributed by atoms with van der Waals surface area (Å²) in [5, 5.41) is 13.6. The predicted molar refractivity (Wildman–Crippen MR) is 61.7 cm³/mol. The zero-order valence-corrected chi connectivity index (χ0v) is 10.1. The molecule has 0 amide bonds. The molecule has 19 heavy (non-hydrogen) atoms. The first-order chi connectivity index (χ1) is 8.82. The number of rotatable bonds is 4. The van der Waals surface area contributed by atoms with E-state index in [0.717, 1.165) is 12.8 Å². The van der Waals surface area contributed by atoms with Crippen LogP contribution in [0, 0.1) is 16.0 Å². The standard InChI is InChI=1S/C11H12F3N3O2/c1-2-6-3-7(6)16-8-4-10(11(12,13)14)15-5-9(8)17(18)19/h4-7H,2-3H2,1H3,(H,15,16). The molecule has 2 atom stereocenters. The molecule has 2 rings (SSSR count). The fourth-order valence-corrected chi connectivity index (χ4v) is 1.94. The lowest BCUT2D eigenvalue weighted by Crippen LogP contribution is -2.12. The van der Waals surface area contributed by atoms with Crippen molar-refractivity contribution in [2.45, 2.75) is 32.0 Å². The SMILES string of the molecule is CCC1CC1Nc1cc(C(F)(F)F)ncc1[N+](=O)[O-]. The molecule has 1 saturated carbocycles. The number of hydrogen-bond acceptors (Lipinski definition) is 4. The van der Waals surface area contributed by atoms with E-state index in [1.165, 1.54) is 0 Å². The summed E-state index contributed by atoms with van der Waals surface area (Å²) in [6.45, 7) is 1.97. The first-order valence-corrected chi connectivity index (χ1v) is 5.81. The number of hydrogen-bond donors (Lipinski definition) is 1. The average Bonchev–Trinajstić information content (AvgIpc) is 3.06. The highest BCUT2D eigenvalue weighted by molar-refractivity contribution is 5.62.